The second kappa shape index (κ2) is 6.50. The summed E-state index contributed by atoms with van der Waals surface area (Å²) < 4.78 is 11.3. The molecule has 0 amide bonds. The molecule has 0 N–H and O–H groups in total. The minimum Gasteiger partial charge on any atom is -0.454 e. The zero-order chi connectivity index (χ0) is 16.7. The van der Waals surface area contributed by atoms with Crippen molar-refractivity contribution in [2.24, 2.45) is 11.3 Å². The highest BCUT2D eigenvalue weighted by Crippen LogP contribution is 2.57. The van der Waals surface area contributed by atoms with Gasteiger partial charge in [-0.3, -0.25) is 0 Å². The molecule has 0 radical (unpaired) electrons. The summed E-state index contributed by atoms with van der Waals surface area (Å²) in [7, 11) is 0. The molecule has 3 heteroatoms. The number of rotatable bonds is 4. The number of ether oxygens (including phenoxy) is 2. The lowest BCUT2D eigenvalue weighted by Crippen LogP contribution is -2.34. The van der Waals surface area contributed by atoms with Gasteiger partial charge in [-0.15, -0.1) is 0 Å². The number of hydrogen-bond acceptors (Lipinski definition) is 3. The van der Waals surface area contributed by atoms with Crippen molar-refractivity contribution in [3.05, 3.63) is 23.8 Å². The molecule has 5 rings (SSSR count). The van der Waals surface area contributed by atoms with Crippen LogP contribution in [0.2, 0.25) is 0 Å². The normalized spacial score (nSPS) is 26.2. The third kappa shape index (κ3) is 3.28. The summed E-state index contributed by atoms with van der Waals surface area (Å²) in [6.45, 7) is 4.18. The van der Waals surface area contributed by atoms with E-state index in [0.29, 0.717) is 12.7 Å². The predicted octanol–water partition coefficient (Wildman–Crippen LogP) is 4.96. The van der Waals surface area contributed by atoms with Crippen LogP contribution in [-0.2, 0) is 0 Å². The minimum absolute atomic E-state index is 0.383. The molecule has 1 aromatic rings. The van der Waals surface area contributed by atoms with Crippen LogP contribution < -0.4 is 9.47 Å². The van der Waals surface area contributed by atoms with Gasteiger partial charge in [0.2, 0.25) is 6.79 Å². The number of para-hydroxylation sites is 1. The predicted molar refractivity (Wildman–Crippen MR) is 99.2 cm³/mol. The Morgan fingerprint density at radius 1 is 0.960 bits per heavy atom. The quantitative estimate of drug-likeness (QED) is 0.773. The number of likely N-dealkylation sites (tertiary alicyclic amines) is 1. The molecule has 2 aliphatic heterocycles. The van der Waals surface area contributed by atoms with Gasteiger partial charge in [-0.25, -0.2) is 0 Å². The van der Waals surface area contributed by atoms with Gasteiger partial charge < -0.3 is 14.4 Å². The van der Waals surface area contributed by atoms with E-state index in [1.54, 1.807) is 0 Å². The molecule has 1 aromatic carbocycles. The summed E-state index contributed by atoms with van der Waals surface area (Å²) in [5.74, 6) is 3.59. The maximum atomic E-state index is 5.72. The molecule has 0 aromatic heterocycles. The zero-order valence-electron chi connectivity index (χ0n) is 15.3. The Balaban J connectivity index is 1.10. The molecule has 2 heterocycles. The molecular formula is C22H31NO2. The summed E-state index contributed by atoms with van der Waals surface area (Å²) in [5, 5.41) is 0. The van der Waals surface area contributed by atoms with Crippen molar-refractivity contribution in [3.8, 4) is 11.5 Å². The summed E-state index contributed by atoms with van der Waals surface area (Å²) in [6.07, 6.45) is 13.1. The van der Waals surface area contributed by atoms with Crippen LogP contribution in [0.5, 0.6) is 11.5 Å². The first kappa shape index (κ1) is 16.0. The van der Waals surface area contributed by atoms with Gasteiger partial charge in [-0.05, 0) is 101 Å². The Bertz CT molecular complexity index is 606. The van der Waals surface area contributed by atoms with E-state index in [1.807, 2.05) is 6.07 Å². The van der Waals surface area contributed by atoms with Gasteiger partial charge in [0.05, 0.1) is 0 Å². The molecular weight excluding hydrogens is 310 g/mol. The Morgan fingerprint density at radius 2 is 1.76 bits per heavy atom. The molecule has 2 saturated carbocycles. The first-order valence-corrected chi connectivity index (χ1v) is 10.4. The molecule has 3 nitrogen and oxygen atoms in total. The molecule has 3 fully saturated rings. The van der Waals surface area contributed by atoms with Crippen LogP contribution in [0, 0.1) is 11.3 Å². The molecule has 25 heavy (non-hydrogen) atoms. The smallest absolute Gasteiger partial charge is 0.231 e. The largest absolute Gasteiger partial charge is 0.454 e. The van der Waals surface area contributed by atoms with Gasteiger partial charge in [0, 0.05) is 5.56 Å². The van der Waals surface area contributed by atoms with E-state index in [0.717, 1.165) is 22.8 Å². The first-order chi connectivity index (χ1) is 12.3. The van der Waals surface area contributed by atoms with E-state index in [2.05, 4.69) is 17.0 Å². The van der Waals surface area contributed by atoms with Crippen molar-refractivity contribution in [2.75, 3.05) is 26.4 Å². The summed E-state index contributed by atoms with van der Waals surface area (Å²) in [6, 6.07) is 6.38. The maximum absolute atomic E-state index is 5.72. The summed E-state index contributed by atoms with van der Waals surface area (Å²) in [5.41, 5.74) is 2.22. The molecule has 0 bridgehead atoms. The van der Waals surface area contributed by atoms with Crippen LogP contribution in [0.1, 0.15) is 69.3 Å². The zero-order valence-corrected chi connectivity index (χ0v) is 15.3. The topological polar surface area (TPSA) is 21.7 Å². The number of fused-ring (bicyclic) bond motifs is 1. The van der Waals surface area contributed by atoms with E-state index in [4.69, 9.17) is 9.47 Å². The van der Waals surface area contributed by atoms with Crippen LogP contribution in [0.3, 0.4) is 0 Å². The van der Waals surface area contributed by atoms with Crippen LogP contribution in [0.25, 0.3) is 0 Å². The molecule has 0 unspecified atom stereocenters. The van der Waals surface area contributed by atoms with Crippen molar-refractivity contribution >= 4 is 0 Å². The van der Waals surface area contributed by atoms with Crippen molar-refractivity contribution in [1.29, 1.82) is 0 Å². The van der Waals surface area contributed by atoms with Crippen molar-refractivity contribution in [3.63, 3.8) is 0 Å². The average Bonchev–Trinajstić information content (AvgIpc) is 3.23. The lowest BCUT2D eigenvalue weighted by molar-refractivity contribution is 0.167. The Labute approximate surface area is 151 Å². The Hall–Kier alpha value is -1.22. The number of benzene rings is 1. The summed E-state index contributed by atoms with van der Waals surface area (Å²) >= 11 is 0. The Kier molecular flexibility index (Phi) is 4.16. The minimum atomic E-state index is 0.383. The van der Waals surface area contributed by atoms with Crippen LogP contribution in [-0.4, -0.2) is 31.3 Å². The van der Waals surface area contributed by atoms with E-state index < -0.39 is 0 Å². The lowest BCUT2D eigenvalue weighted by atomic mass is 9.78. The highest BCUT2D eigenvalue weighted by Gasteiger charge is 2.44. The molecule has 2 aliphatic carbocycles. The van der Waals surface area contributed by atoms with Crippen LogP contribution >= 0.6 is 0 Å². The first-order valence-electron chi connectivity index (χ1n) is 10.4. The second-order valence-electron chi connectivity index (χ2n) is 8.93. The van der Waals surface area contributed by atoms with Gasteiger partial charge in [-0.1, -0.05) is 12.1 Å². The third-order valence-electron chi connectivity index (χ3n) is 7.43. The van der Waals surface area contributed by atoms with Crippen LogP contribution in [0.4, 0.5) is 0 Å². The average molecular weight is 341 g/mol. The molecule has 1 spiro atoms. The van der Waals surface area contributed by atoms with E-state index in [-0.39, 0.29) is 0 Å². The van der Waals surface area contributed by atoms with E-state index in [1.165, 1.54) is 83.0 Å². The number of piperidine rings is 1. The number of nitrogens with zero attached hydrogens (tertiary/aromatic N) is 1. The molecule has 136 valence electrons. The van der Waals surface area contributed by atoms with E-state index in [9.17, 15) is 0 Å². The van der Waals surface area contributed by atoms with Crippen molar-refractivity contribution in [1.82, 2.24) is 4.90 Å². The molecule has 0 atom stereocenters. The van der Waals surface area contributed by atoms with Gasteiger partial charge >= 0.3 is 0 Å². The van der Waals surface area contributed by atoms with Gasteiger partial charge in [-0.2, -0.15) is 0 Å². The highest BCUT2D eigenvalue weighted by atomic mass is 16.7. The van der Waals surface area contributed by atoms with Crippen molar-refractivity contribution in [2.45, 2.75) is 63.7 Å². The summed E-state index contributed by atoms with van der Waals surface area (Å²) in [4.78, 5) is 2.71. The Morgan fingerprint density at radius 3 is 2.52 bits per heavy atom. The second-order valence-corrected chi connectivity index (χ2v) is 8.93. The van der Waals surface area contributed by atoms with Crippen molar-refractivity contribution < 1.29 is 9.47 Å². The molecule has 4 aliphatic rings. The fourth-order valence-electron chi connectivity index (χ4n) is 5.36. The van der Waals surface area contributed by atoms with Gasteiger partial charge in [0.25, 0.3) is 0 Å². The van der Waals surface area contributed by atoms with Gasteiger partial charge in [0.1, 0.15) is 0 Å². The maximum Gasteiger partial charge on any atom is 0.231 e. The standard InChI is InChI=1S/C22H31NO2/c1-2-19(21-20(3-1)24-16-25-21)18-7-14-23(15-8-18)13-6-17-4-9-22(10-5-17)11-12-22/h1-3,17-18H,4-16H2. The lowest BCUT2D eigenvalue weighted by Gasteiger charge is -2.34. The molecule has 1 saturated heterocycles. The SMILES string of the molecule is c1cc2c(c(C3CCN(CCC4CCC5(CC4)CC5)CC3)c1)OCO2. The fourth-order valence-corrected chi connectivity index (χ4v) is 5.36. The third-order valence-corrected chi connectivity index (χ3v) is 7.43. The number of hydrogen-bond donors (Lipinski definition) is 0. The highest BCUT2D eigenvalue weighted by molar-refractivity contribution is 5.49. The monoisotopic (exact) mass is 341 g/mol. The fraction of sp³-hybridized carbons (Fsp3) is 0.727. The van der Waals surface area contributed by atoms with Gasteiger partial charge in [0.15, 0.2) is 11.5 Å². The van der Waals surface area contributed by atoms with Crippen LogP contribution in [0.15, 0.2) is 18.2 Å². The van der Waals surface area contributed by atoms with E-state index >= 15 is 0 Å².